The Morgan fingerprint density at radius 1 is 1.24 bits per heavy atom. The van der Waals surface area contributed by atoms with Gasteiger partial charge in [-0.05, 0) is 23.8 Å². The van der Waals surface area contributed by atoms with Crippen LogP contribution >= 0.6 is 11.6 Å². The molecule has 0 amide bonds. The third kappa shape index (κ3) is 2.67. The minimum atomic E-state index is -0.0996. The Morgan fingerprint density at radius 3 is 2.47 bits per heavy atom. The van der Waals surface area contributed by atoms with E-state index in [1.54, 1.807) is 25.3 Å². The van der Waals surface area contributed by atoms with Crippen LogP contribution in [0.15, 0.2) is 18.2 Å². The van der Waals surface area contributed by atoms with Crippen LogP contribution in [0.3, 0.4) is 0 Å². The molecular weight excluding hydrogens is 240 g/mol. The zero-order valence-electron chi connectivity index (χ0n) is 9.53. The summed E-state index contributed by atoms with van der Waals surface area (Å²) in [4.78, 5) is 22.9. The van der Waals surface area contributed by atoms with E-state index >= 15 is 0 Å². The number of benzene rings is 1. The summed E-state index contributed by atoms with van der Waals surface area (Å²) in [5, 5.41) is 0.589. The summed E-state index contributed by atoms with van der Waals surface area (Å²) in [6, 6.07) is 5.27. The fourth-order valence-corrected chi connectivity index (χ4v) is 2.41. The second kappa shape index (κ2) is 4.88. The molecule has 2 rings (SSSR count). The lowest BCUT2D eigenvalue weighted by Crippen LogP contribution is -2.21. The fraction of sp³-hybridized carbons (Fsp3) is 0.385. The van der Waals surface area contributed by atoms with E-state index in [2.05, 4.69) is 0 Å². The van der Waals surface area contributed by atoms with Gasteiger partial charge in [-0.15, -0.1) is 0 Å². The largest absolute Gasteiger partial charge is 0.496 e. The predicted octanol–water partition coefficient (Wildman–Crippen LogP) is 2.75. The highest BCUT2D eigenvalue weighted by molar-refractivity contribution is 6.30. The van der Waals surface area contributed by atoms with Crippen molar-refractivity contribution in [1.29, 1.82) is 0 Å². The summed E-state index contributed by atoms with van der Waals surface area (Å²) in [5.74, 6) is 0.570. The summed E-state index contributed by atoms with van der Waals surface area (Å²) >= 11 is 5.94. The molecule has 0 N–H and O–H groups in total. The average Bonchev–Trinajstić information content (AvgIpc) is 2.27. The van der Waals surface area contributed by atoms with Crippen molar-refractivity contribution in [1.82, 2.24) is 0 Å². The molecule has 1 aromatic carbocycles. The van der Waals surface area contributed by atoms with Crippen LogP contribution in [0.5, 0.6) is 5.75 Å². The fourth-order valence-electron chi connectivity index (χ4n) is 2.23. The molecular formula is C13H13ClO3. The molecule has 0 bridgehead atoms. The Bertz CT molecular complexity index is 452. The predicted molar refractivity (Wildman–Crippen MR) is 64.6 cm³/mol. The lowest BCUT2D eigenvalue weighted by Gasteiger charge is -2.22. The molecule has 90 valence electrons. The van der Waals surface area contributed by atoms with Crippen LogP contribution in [0, 0.1) is 0 Å². The van der Waals surface area contributed by atoms with Gasteiger partial charge in [0.2, 0.25) is 0 Å². The first-order valence-electron chi connectivity index (χ1n) is 5.47. The molecule has 1 fully saturated rings. The third-order valence-electron chi connectivity index (χ3n) is 2.97. The van der Waals surface area contributed by atoms with Crippen molar-refractivity contribution in [3.63, 3.8) is 0 Å². The maximum atomic E-state index is 11.4. The molecule has 1 saturated carbocycles. The highest BCUT2D eigenvalue weighted by atomic mass is 35.5. The van der Waals surface area contributed by atoms with Gasteiger partial charge in [-0.3, -0.25) is 9.59 Å². The van der Waals surface area contributed by atoms with E-state index in [9.17, 15) is 9.59 Å². The Morgan fingerprint density at radius 2 is 1.88 bits per heavy atom. The van der Waals surface area contributed by atoms with Gasteiger partial charge >= 0.3 is 0 Å². The van der Waals surface area contributed by atoms with E-state index in [-0.39, 0.29) is 23.9 Å². The smallest absolute Gasteiger partial charge is 0.140 e. The molecule has 0 unspecified atom stereocenters. The van der Waals surface area contributed by atoms with Gasteiger partial charge in [0.05, 0.1) is 13.5 Å². The summed E-state index contributed by atoms with van der Waals surface area (Å²) in [5.41, 5.74) is 0.849. The van der Waals surface area contributed by atoms with Crippen LogP contribution in [-0.4, -0.2) is 18.7 Å². The minimum absolute atomic E-state index is 0.00622. The molecule has 1 aromatic rings. The first-order valence-corrected chi connectivity index (χ1v) is 5.84. The summed E-state index contributed by atoms with van der Waals surface area (Å²) < 4.78 is 5.24. The summed E-state index contributed by atoms with van der Waals surface area (Å²) in [6.45, 7) is 0. The molecule has 1 aliphatic rings. The van der Waals surface area contributed by atoms with Gasteiger partial charge in [0, 0.05) is 23.8 Å². The Kier molecular flexibility index (Phi) is 3.48. The van der Waals surface area contributed by atoms with Crippen LogP contribution in [0.2, 0.25) is 5.02 Å². The van der Waals surface area contributed by atoms with Crippen molar-refractivity contribution in [2.75, 3.05) is 7.11 Å². The SMILES string of the molecule is COc1ccc(Cl)cc1C1CC(=O)CC(=O)C1. The standard InChI is InChI=1S/C13H13ClO3/c1-17-13-3-2-9(14)6-12(13)8-4-10(15)7-11(16)5-8/h2-3,6,8H,4-5,7H2,1H3. The van der Waals surface area contributed by atoms with Crippen LogP contribution in [0.25, 0.3) is 0 Å². The van der Waals surface area contributed by atoms with Crippen molar-refractivity contribution in [2.24, 2.45) is 0 Å². The zero-order valence-corrected chi connectivity index (χ0v) is 10.3. The number of halogens is 1. The number of methoxy groups -OCH3 is 1. The van der Waals surface area contributed by atoms with Gasteiger partial charge in [0.1, 0.15) is 17.3 Å². The van der Waals surface area contributed by atoms with E-state index in [1.165, 1.54) is 0 Å². The molecule has 0 spiro atoms. The maximum absolute atomic E-state index is 11.4. The highest BCUT2D eigenvalue weighted by Gasteiger charge is 2.28. The van der Waals surface area contributed by atoms with Crippen LogP contribution < -0.4 is 4.74 Å². The second-order valence-electron chi connectivity index (χ2n) is 4.25. The van der Waals surface area contributed by atoms with Gasteiger partial charge in [-0.2, -0.15) is 0 Å². The van der Waals surface area contributed by atoms with Crippen molar-refractivity contribution in [2.45, 2.75) is 25.2 Å². The number of ketones is 2. The van der Waals surface area contributed by atoms with E-state index in [1.807, 2.05) is 0 Å². The second-order valence-corrected chi connectivity index (χ2v) is 4.68. The number of carbonyl (C=O) groups is 2. The number of carbonyl (C=O) groups excluding carboxylic acids is 2. The quantitative estimate of drug-likeness (QED) is 0.760. The summed E-state index contributed by atoms with van der Waals surface area (Å²) in [7, 11) is 1.57. The molecule has 0 atom stereocenters. The molecule has 3 nitrogen and oxygen atoms in total. The molecule has 17 heavy (non-hydrogen) atoms. The van der Waals surface area contributed by atoms with Gasteiger partial charge in [0.25, 0.3) is 0 Å². The van der Waals surface area contributed by atoms with Crippen molar-refractivity contribution in [3.8, 4) is 5.75 Å². The molecule has 0 radical (unpaired) electrons. The van der Waals surface area contributed by atoms with Crippen molar-refractivity contribution >= 4 is 23.2 Å². The normalized spacial score (nSPS) is 17.3. The van der Waals surface area contributed by atoms with E-state index < -0.39 is 0 Å². The highest BCUT2D eigenvalue weighted by Crippen LogP contribution is 2.36. The first-order chi connectivity index (χ1) is 8.10. The van der Waals surface area contributed by atoms with Crippen molar-refractivity contribution in [3.05, 3.63) is 28.8 Å². The van der Waals surface area contributed by atoms with Gasteiger partial charge < -0.3 is 4.74 Å². The molecule has 0 saturated heterocycles. The van der Waals surface area contributed by atoms with Gasteiger partial charge in [-0.25, -0.2) is 0 Å². The maximum Gasteiger partial charge on any atom is 0.140 e. The topological polar surface area (TPSA) is 43.4 Å². The van der Waals surface area contributed by atoms with E-state index in [4.69, 9.17) is 16.3 Å². The Balaban J connectivity index is 2.35. The number of rotatable bonds is 2. The van der Waals surface area contributed by atoms with Gasteiger partial charge in [-0.1, -0.05) is 11.6 Å². The molecule has 0 aromatic heterocycles. The summed E-state index contributed by atoms with van der Waals surface area (Å²) in [6.07, 6.45) is 0.851. The first kappa shape index (κ1) is 12.1. The van der Waals surface area contributed by atoms with Crippen molar-refractivity contribution < 1.29 is 14.3 Å². The molecule has 1 aliphatic carbocycles. The Hall–Kier alpha value is -1.35. The lowest BCUT2D eigenvalue weighted by atomic mass is 9.82. The monoisotopic (exact) mass is 252 g/mol. The number of ether oxygens (including phenoxy) is 1. The Labute approximate surface area is 105 Å². The van der Waals surface area contributed by atoms with Crippen LogP contribution in [0.1, 0.15) is 30.7 Å². The van der Waals surface area contributed by atoms with E-state index in [0.29, 0.717) is 23.6 Å². The molecule has 4 heteroatoms. The number of Topliss-reactive ketones (excluding diaryl/α,β-unsaturated/α-hetero) is 2. The number of hydrogen-bond donors (Lipinski definition) is 0. The van der Waals surface area contributed by atoms with Crippen LogP contribution in [-0.2, 0) is 9.59 Å². The third-order valence-corrected chi connectivity index (χ3v) is 3.21. The zero-order chi connectivity index (χ0) is 12.4. The lowest BCUT2D eigenvalue weighted by molar-refractivity contribution is -0.130. The number of hydrogen-bond acceptors (Lipinski definition) is 3. The van der Waals surface area contributed by atoms with E-state index in [0.717, 1.165) is 5.56 Å². The molecule has 0 aliphatic heterocycles. The van der Waals surface area contributed by atoms with Crippen LogP contribution in [0.4, 0.5) is 0 Å². The average molecular weight is 253 g/mol. The van der Waals surface area contributed by atoms with Gasteiger partial charge in [0.15, 0.2) is 0 Å². The minimum Gasteiger partial charge on any atom is -0.496 e. The molecule has 0 heterocycles.